The number of benzene rings is 1. The summed E-state index contributed by atoms with van der Waals surface area (Å²) in [7, 11) is 0. The zero-order chi connectivity index (χ0) is 20.1. The van der Waals surface area contributed by atoms with Crippen molar-refractivity contribution < 1.29 is 14.6 Å². The average molecular weight is 382 g/mol. The Balaban J connectivity index is 0.000000706. The predicted molar refractivity (Wildman–Crippen MR) is 108 cm³/mol. The van der Waals surface area contributed by atoms with E-state index in [4.69, 9.17) is 25.4 Å². The van der Waals surface area contributed by atoms with Crippen molar-refractivity contribution in [3.05, 3.63) is 41.7 Å². The van der Waals surface area contributed by atoms with E-state index in [2.05, 4.69) is 34.2 Å². The van der Waals surface area contributed by atoms with Crippen LogP contribution in [0.2, 0.25) is 0 Å². The Morgan fingerprint density at radius 1 is 1.14 bits per heavy atom. The molecule has 0 atom stereocenters. The Morgan fingerprint density at radius 3 is 2.43 bits per heavy atom. The van der Waals surface area contributed by atoms with Crippen LogP contribution >= 0.6 is 0 Å². The van der Waals surface area contributed by atoms with Crippen LogP contribution in [0.5, 0.6) is 5.88 Å². The van der Waals surface area contributed by atoms with Crippen molar-refractivity contribution in [2.24, 2.45) is 4.99 Å². The number of carbonyl (C=O) groups is 1. The van der Waals surface area contributed by atoms with Gasteiger partial charge in [-0.25, -0.2) is 9.98 Å². The molecule has 0 radical (unpaired) electrons. The molecule has 1 aromatic heterocycles. The first kappa shape index (κ1) is 19.8. The quantitative estimate of drug-likeness (QED) is 0.757. The fourth-order valence-electron chi connectivity index (χ4n) is 3.85. The van der Waals surface area contributed by atoms with Crippen LogP contribution in [0, 0.1) is 0 Å². The molecule has 1 aromatic carbocycles. The van der Waals surface area contributed by atoms with Crippen molar-refractivity contribution in [2.75, 3.05) is 5.73 Å². The number of nitrogen functional groups attached to an aromatic ring is 1. The number of anilines is 1. The minimum absolute atomic E-state index is 0.250. The molecule has 0 bridgehead atoms. The Hall–Kier alpha value is -2.96. The monoisotopic (exact) mass is 382 g/mol. The van der Waals surface area contributed by atoms with Gasteiger partial charge in [0.05, 0.1) is 5.71 Å². The van der Waals surface area contributed by atoms with Crippen LogP contribution in [0.25, 0.3) is 0 Å². The first-order valence-electron chi connectivity index (χ1n) is 9.53. The summed E-state index contributed by atoms with van der Waals surface area (Å²) in [6, 6.07) is 8.78. The number of carboxylic acid groups (broad SMARTS) is 1. The number of hydrogen-bond donors (Lipinski definition) is 2. The summed E-state index contributed by atoms with van der Waals surface area (Å²) >= 11 is 0. The Morgan fingerprint density at radius 2 is 1.79 bits per heavy atom. The number of rotatable bonds is 2. The maximum absolute atomic E-state index is 8.36. The second-order valence-electron chi connectivity index (χ2n) is 7.55. The van der Waals surface area contributed by atoms with E-state index in [9.17, 15) is 0 Å². The summed E-state index contributed by atoms with van der Waals surface area (Å²) in [5.41, 5.74) is 9.25. The molecule has 0 saturated heterocycles. The summed E-state index contributed by atoms with van der Waals surface area (Å²) in [4.78, 5) is 21.3. The molecular formula is C21H26N4O3. The third-order valence-corrected chi connectivity index (χ3v) is 5.22. The van der Waals surface area contributed by atoms with Crippen LogP contribution in [-0.4, -0.2) is 32.9 Å². The van der Waals surface area contributed by atoms with Gasteiger partial charge in [-0.05, 0) is 38.2 Å². The van der Waals surface area contributed by atoms with Gasteiger partial charge in [-0.1, -0.05) is 43.5 Å². The van der Waals surface area contributed by atoms with Crippen LogP contribution in [-0.2, 0) is 4.79 Å². The smallest absolute Gasteiger partial charge is 0.290 e. The van der Waals surface area contributed by atoms with Crippen molar-refractivity contribution in [1.82, 2.24) is 9.97 Å². The zero-order valence-electron chi connectivity index (χ0n) is 16.3. The second kappa shape index (κ2) is 8.37. The predicted octanol–water partition coefficient (Wildman–Crippen LogP) is 4.10. The van der Waals surface area contributed by atoms with E-state index >= 15 is 0 Å². The molecule has 148 valence electrons. The first-order valence-corrected chi connectivity index (χ1v) is 9.53. The summed E-state index contributed by atoms with van der Waals surface area (Å²) < 4.78 is 6.05. The van der Waals surface area contributed by atoms with Crippen LogP contribution in [0.1, 0.15) is 63.0 Å². The maximum atomic E-state index is 8.36. The number of nitrogens with zero attached hydrogens (tertiary/aromatic N) is 3. The van der Waals surface area contributed by atoms with E-state index in [0.29, 0.717) is 23.3 Å². The minimum atomic E-state index is -0.569. The zero-order valence-corrected chi connectivity index (χ0v) is 16.3. The normalized spacial score (nSPS) is 18.0. The van der Waals surface area contributed by atoms with Crippen molar-refractivity contribution in [3.63, 3.8) is 0 Å². The largest absolute Gasteiger partial charge is 0.483 e. The maximum Gasteiger partial charge on any atom is 0.290 e. The van der Waals surface area contributed by atoms with E-state index in [1.54, 1.807) is 0 Å². The van der Waals surface area contributed by atoms with Crippen molar-refractivity contribution in [3.8, 4) is 5.88 Å². The lowest BCUT2D eigenvalue weighted by atomic mass is 9.83. The van der Waals surface area contributed by atoms with E-state index in [0.717, 1.165) is 11.3 Å². The van der Waals surface area contributed by atoms with E-state index < -0.39 is 5.60 Å². The summed E-state index contributed by atoms with van der Waals surface area (Å²) in [5, 5.41) is 6.89. The van der Waals surface area contributed by atoms with Gasteiger partial charge in [0, 0.05) is 5.56 Å². The summed E-state index contributed by atoms with van der Waals surface area (Å²) in [6.07, 6.45) is 8.07. The Kier molecular flexibility index (Phi) is 5.92. The van der Waals surface area contributed by atoms with Gasteiger partial charge >= 0.3 is 0 Å². The highest BCUT2D eigenvalue weighted by molar-refractivity contribution is 6.09. The highest BCUT2D eigenvalue weighted by Gasteiger charge is 2.35. The number of ether oxygens (including phenoxy) is 1. The van der Waals surface area contributed by atoms with Gasteiger partial charge in [0.25, 0.3) is 6.47 Å². The van der Waals surface area contributed by atoms with Crippen LogP contribution in [0.4, 0.5) is 11.5 Å². The first-order chi connectivity index (χ1) is 13.5. The summed E-state index contributed by atoms with van der Waals surface area (Å²) in [6.45, 7) is 3.75. The van der Waals surface area contributed by atoms with E-state index in [1.165, 1.54) is 44.0 Å². The molecule has 1 fully saturated rings. The molecule has 1 aliphatic heterocycles. The molecule has 3 N–H and O–H groups in total. The fraction of sp³-hybridized carbons (Fsp3) is 0.429. The van der Waals surface area contributed by atoms with E-state index in [1.807, 2.05) is 13.8 Å². The van der Waals surface area contributed by atoms with Crippen LogP contribution in [0.3, 0.4) is 0 Å². The fourth-order valence-corrected chi connectivity index (χ4v) is 3.85. The van der Waals surface area contributed by atoms with Gasteiger partial charge in [-0.3, -0.25) is 4.79 Å². The highest BCUT2D eigenvalue weighted by Crippen LogP contribution is 2.39. The highest BCUT2D eigenvalue weighted by atomic mass is 16.5. The lowest BCUT2D eigenvalue weighted by Gasteiger charge is -2.32. The molecule has 2 heterocycles. The molecule has 0 spiro atoms. The number of aromatic nitrogens is 2. The third kappa shape index (κ3) is 4.13. The number of hydrogen-bond acceptors (Lipinski definition) is 6. The molecule has 2 aliphatic rings. The van der Waals surface area contributed by atoms with Gasteiger partial charge in [0.15, 0.2) is 11.5 Å². The molecule has 28 heavy (non-hydrogen) atoms. The number of nitrogens with two attached hydrogens (primary N) is 1. The molecule has 0 unspecified atom stereocenters. The minimum Gasteiger partial charge on any atom is -0.483 e. The number of aliphatic imine (C=N–C) groups is 1. The molecule has 2 aromatic rings. The van der Waals surface area contributed by atoms with Gasteiger partial charge in [0.1, 0.15) is 11.9 Å². The van der Waals surface area contributed by atoms with Crippen molar-refractivity contribution in [2.45, 2.75) is 57.5 Å². The molecule has 4 rings (SSSR count). The lowest BCUT2D eigenvalue weighted by molar-refractivity contribution is -0.122. The molecule has 1 saturated carbocycles. The summed E-state index contributed by atoms with van der Waals surface area (Å²) in [5.74, 6) is 1.49. The van der Waals surface area contributed by atoms with Gasteiger partial charge in [0.2, 0.25) is 5.88 Å². The molecule has 1 aliphatic carbocycles. The molecule has 7 nitrogen and oxygen atoms in total. The SMILES string of the molecule is CC1(C)Oc2ncnc(N)c2N=C1c1ccc(C2CCCCC2)cc1.O=CO. The number of fused-ring (bicyclic) bond motifs is 1. The van der Waals surface area contributed by atoms with Crippen LogP contribution in [0.15, 0.2) is 35.6 Å². The molecule has 0 amide bonds. The standard InChI is InChI=1S/C20H24N4O.CH2O2/c1-20(2)17(24-16-18(21)22-12-23-19(16)25-20)15-10-8-14(9-11-15)13-6-4-3-5-7-13;2-1-3/h8-13H,3-7H2,1-2H3,(H2,21,22,23);1H,(H,2,3). The van der Waals surface area contributed by atoms with Crippen molar-refractivity contribution >= 4 is 23.7 Å². The average Bonchev–Trinajstić information content (AvgIpc) is 2.69. The van der Waals surface area contributed by atoms with Crippen molar-refractivity contribution in [1.29, 1.82) is 0 Å². The Bertz CT molecular complexity index is 856. The third-order valence-electron chi connectivity index (χ3n) is 5.22. The Labute approximate surface area is 164 Å². The van der Waals surface area contributed by atoms with Gasteiger partial charge < -0.3 is 15.6 Å². The topological polar surface area (TPSA) is 111 Å². The van der Waals surface area contributed by atoms with E-state index in [-0.39, 0.29) is 6.47 Å². The van der Waals surface area contributed by atoms with Gasteiger partial charge in [-0.2, -0.15) is 4.98 Å². The van der Waals surface area contributed by atoms with Crippen LogP contribution < -0.4 is 10.5 Å². The van der Waals surface area contributed by atoms with Gasteiger partial charge in [-0.15, -0.1) is 0 Å². The second-order valence-corrected chi connectivity index (χ2v) is 7.55. The molecule has 7 heteroatoms. The lowest BCUT2D eigenvalue weighted by Crippen LogP contribution is -2.41. The molecular weight excluding hydrogens is 356 g/mol.